The highest BCUT2D eigenvalue weighted by atomic mass is 32.2. The molecule has 4 nitrogen and oxygen atoms in total. The maximum atomic E-state index is 13.9. The predicted molar refractivity (Wildman–Crippen MR) is 66.1 cm³/mol. The van der Waals surface area contributed by atoms with Gasteiger partial charge in [0.25, 0.3) is 0 Å². The van der Waals surface area contributed by atoms with Crippen molar-refractivity contribution in [2.45, 2.75) is 12.2 Å². The largest absolute Gasteiger partial charge is 0.467 e. The van der Waals surface area contributed by atoms with Crippen molar-refractivity contribution in [3.8, 4) is 6.01 Å². The van der Waals surface area contributed by atoms with Gasteiger partial charge in [-0.3, -0.25) is 4.90 Å². The van der Waals surface area contributed by atoms with Gasteiger partial charge in [-0.05, 0) is 12.3 Å². The van der Waals surface area contributed by atoms with E-state index in [-0.39, 0.29) is 0 Å². The minimum absolute atomic E-state index is 0.360. The van der Waals surface area contributed by atoms with Gasteiger partial charge in [-0.2, -0.15) is 16.7 Å². The third kappa shape index (κ3) is 3.07. The van der Waals surface area contributed by atoms with Gasteiger partial charge >= 0.3 is 6.01 Å². The first-order valence-corrected chi connectivity index (χ1v) is 6.81. The molecule has 1 saturated heterocycles. The molecule has 0 unspecified atom stereocenters. The summed E-state index contributed by atoms with van der Waals surface area (Å²) in [5.41, 5.74) is -0.153. The molecular formula is C11H16FN3OS. The summed E-state index contributed by atoms with van der Waals surface area (Å²) in [7, 11) is 1.54. The number of hydrogen-bond acceptors (Lipinski definition) is 5. The quantitative estimate of drug-likeness (QED) is 0.796. The van der Waals surface area contributed by atoms with E-state index < -0.39 is 5.67 Å². The number of ether oxygens (including phenoxy) is 1. The number of thioether (sulfide) groups is 1. The number of nitrogens with zero attached hydrogens (tertiary/aromatic N) is 3. The lowest BCUT2D eigenvalue weighted by Crippen LogP contribution is -2.59. The van der Waals surface area contributed by atoms with Gasteiger partial charge in [-0.1, -0.05) is 0 Å². The van der Waals surface area contributed by atoms with Crippen LogP contribution in [0, 0.1) is 0 Å². The van der Waals surface area contributed by atoms with E-state index >= 15 is 0 Å². The minimum atomic E-state index is -1.02. The standard InChI is InChI=1S/C11H16FN3OS/c1-16-10-13-4-3-9(14-10)5-15-6-11(12,7-15)8-17-2/h3-4H,5-8H2,1-2H3. The molecule has 0 aromatic carbocycles. The zero-order chi connectivity index (χ0) is 12.3. The van der Waals surface area contributed by atoms with Crippen molar-refractivity contribution in [2.24, 2.45) is 0 Å². The summed E-state index contributed by atoms with van der Waals surface area (Å²) >= 11 is 1.55. The molecule has 0 amide bonds. The average molecular weight is 257 g/mol. The third-order valence-electron chi connectivity index (χ3n) is 2.68. The van der Waals surface area contributed by atoms with Crippen LogP contribution in [-0.4, -0.2) is 52.7 Å². The molecule has 1 aliphatic heterocycles. The SMILES string of the molecule is COc1nccc(CN2CC(F)(CSC)C2)n1. The summed E-state index contributed by atoms with van der Waals surface area (Å²) in [5, 5.41) is 0. The van der Waals surface area contributed by atoms with Crippen molar-refractivity contribution in [1.82, 2.24) is 14.9 Å². The lowest BCUT2D eigenvalue weighted by molar-refractivity contribution is -0.0195. The number of hydrogen-bond donors (Lipinski definition) is 0. The molecule has 0 aliphatic carbocycles. The van der Waals surface area contributed by atoms with Crippen molar-refractivity contribution in [2.75, 3.05) is 32.2 Å². The summed E-state index contributed by atoms with van der Waals surface area (Å²) in [5.74, 6) is 0.566. The van der Waals surface area contributed by atoms with Crippen LogP contribution < -0.4 is 4.74 Å². The lowest BCUT2D eigenvalue weighted by atomic mass is 9.98. The molecule has 0 radical (unpaired) electrons. The second-order valence-electron chi connectivity index (χ2n) is 4.26. The molecule has 1 fully saturated rings. The van der Waals surface area contributed by atoms with Crippen LogP contribution in [0.15, 0.2) is 12.3 Å². The fourth-order valence-corrected chi connectivity index (χ4v) is 2.71. The van der Waals surface area contributed by atoms with Crippen molar-refractivity contribution < 1.29 is 9.13 Å². The van der Waals surface area contributed by atoms with Gasteiger partial charge in [-0.25, -0.2) is 9.37 Å². The Kier molecular flexibility index (Phi) is 3.83. The Balaban J connectivity index is 1.87. The highest BCUT2D eigenvalue weighted by molar-refractivity contribution is 7.98. The summed E-state index contributed by atoms with van der Waals surface area (Å²) in [6.07, 6.45) is 3.59. The summed E-state index contributed by atoms with van der Waals surface area (Å²) in [6.45, 7) is 1.62. The molecule has 2 heterocycles. The van der Waals surface area contributed by atoms with E-state index in [1.54, 1.807) is 18.0 Å². The number of alkyl halides is 1. The van der Waals surface area contributed by atoms with Crippen LogP contribution in [-0.2, 0) is 6.54 Å². The predicted octanol–water partition coefficient (Wildman–Crippen LogP) is 1.37. The number of rotatable bonds is 5. The normalized spacial score (nSPS) is 18.8. The molecule has 0 spiro atoms. The highest BCUT2D eigenvalue weighted by Crippen LogP contribution is 2.29. The fourth-order valence-electron chi connectivity index (χ4n) is 2.01. The molecule has 1 aliphatic rings. The van der Waals surface area contributed by atoms with Crippen LogP contribution in [0.3, 0.4) is 0 Å². The minimum Gasteiger partial charge on any atom is -0.467 e. The second kappa shape index (κ2) is 5.18. The molecule has 0 N–H and O–H groups in total. The Morgan fingerprint density at radius 1 is 1.59 bits per heavy atom. The zero-order valence-corrected chi connectivity index (χ0v) is 10.8. The molecule has 0 atom stereocenters. The van der Waals surface area contributed by atoms with Crippen LogP contribution in [0.5, 0.6) is 6.01 Å². The smallest absolute Gasteiger partial charge is 0.316 e. The molecule has 17 heavy (non-hydrogen) atoms. The van der Waals surface area contributed by atoms with Crippen molar-refractivity contribution in [3.05, 3.63) is 18.0 Å². The Morgan fingerprint density at radius 3 is 3.00 bits per heavy atom. The van der Waals surface area contributed by atoms with Crippen molar-refractivity contribution in [1.29, 1.82) is 0 Å². The first-order chi connectivity index (χ1) is 8.15. The van der Waals surface area contributed by atoms with Crippen LogP contribution in [0.2, 0.25) is 0 Å². The molecule has 1 aromatic rings. The van der Waals surface area contributed by atoms with Gasteiger partial charge < -0.3 is 4.74 Å². The fraction of sp³-hybridized carbons (Fsp3) is 0.636. The van der Waals surface area contributed by atoms with Gasteiger partial charge in [0.05, 0.1) is 12.8 Å². The Morgan fingerprint density at radius 2 is 2.35 bits per heavy atom. The van der Waals surface area contributed by atoms with E-state index in [1.165, 1.54) is 7.11 Å². The van der Waals surface area contributed by atoms with E-state index in [1.807, 2.05) is 17.2 Å². The first-order valence-electron chi connectivity index (χ1n) is 5.41. The average Bonchev–Trinajstić information content (AvgIpc) is 2.28. The maximum absolute atomic E-state index is 13.9. The number of likely N-dealkylation sites (tertiary alicyclic amines) is 1. The van der Waals surface area contributed by atoms with Gasteiger partial charge in [0.2, 0.25) is 0 Å². The van der Waals surface area contributed by atoms with Gasteiger partial charge in [0.1, 0.15) is 5.67 Å². The van der Waals surface area contributed by atoms with Crippen LogP contribution >= 0.6 is 11.8 Å². The first kappa shape index (κ1) is 12.6. The van der Waals surface area contributed by atoms with Crippen LogP contribution in [0.1, 0.15) is 5.69 Å². The van der Waals surface area contributed by atoms with Crippen LogP contribution in [0.4, 0.5) is 4.39 Å². The van der Waals surface area contributed by atoms with Crippen molar-refractivity contribution >= 4 is 11.8 Å². The molecule has 2 rings (SSSR count). The number of methoxy groups -OCH3 is 1. The molecule has 1 aromatic heterocycles. The molecule has 6 heteroatoms. The second-order valence-corrected chi connectivity index (χ2v) is 5.13. The summed E-state index contributed by atoms with van der Waals surface area (Å²) < 4.78 is 18.8. The van der Waals surface area contributed by atoms with E-state index in [0.29, 0.717) is 31.4 Å². The van der Waals surface area contributed by atoms with E-state index in [2.05, 4.69) is 9.97 Å². The Hall–Kier alpha value is -0.880. The lowest BCUT2D eigenvalue weighted by Gasteiger charge is -2.44. The van der Waals surface area contributed by atoms with Crippen LogP contribution in [0.25, 0.3) is 0 Å². The van der Waals surface area contributed by atoms with Gasteiger partial charge in [0, 0.05) is 31.6 Å². The third-order valence-corrected chi connectivity index (χ3v) is 3.48. The van der Waals surface area contributed by atoms with E-state index in [9.17, 15) is 4.39 Å². The molecular weight excluding hydrogens is 241 g/mol. The summed E-state index contributed by atoms with van der Waals surface area (Å²) in [6, 6.07) is 2.19. The molecule has 0 bridgehead atoms. The monoisotopic (exact) mass is 257 g/mol. The number of halogens is 1. The highest BCUT2D eigenvalue weighted by Gasteiger charge is 2.42. The number of aromatic nitrogens is 2. The van der Waals surface area contributed by atoms with E-state index in [0.717, 1.165) is 5.69 Å². The van der Waals surface area contributed by atoms with E-state index in [4.69, 9.17) is 4.74 Å². The van der Waals surface area contributed by atoms with Gasteiger partial charge in [-0.15, -0.1) is 0 Å². The molecule has 0 saturated carbocycles. The zero-order valence-electron chi connectivity index (χ0n) is 10.0. The maximum Gasteiger partial charge on any atom is 0.316 e. The summed E-state index contributed by atoms with van der Waals surface area (Å²) in [4.78, 5) is 10.2. The molecule has 94 valence electrons. The Labute approximate surface area is 105 Å². The van der Waals surface area contributed by atoms with Crippen molar-refractivity contribution in [3.63, 3.8) is 0 Å². The Bertz CT molecular complexity index is 385. The van der Waals surface area contributed by atoms with Gasteiger partial charge in [0.15, 0.2) is 0 Å². The topological polar surface area (TPSA) is 38.2 Å².